The topological polar surface area (TPSA) is 73.2 Å². The highest BCUT2D eigenvalue weighted by Gasteiger charge is 2.25. The number of benzene rings is 1. The van der Waals surface area contributed by atoms with Gasteiger partial charge >= 0.3 is 5.97 Å². The second-order valence-corrected chi connectivity index (χ2v) is 5.30. The number of amides is 1. The minimum atomic E-state index is -1.24. The van der Waals surface area contributed by atoms with E-state index in [-0.39, 0.29) is 0 Å². The van der Waals surface area contributed by atoms with E-state index in [1.165, 1.54) is 6.92 Å². The average Bonchev–Trinajstić information content (AvgIpc) is 2.73. The van der Waals surface area contributed by atoms with E-state index in [1.54, 1.807) is 25.6 Å². The zero-order valence-corrected chi connectivity index (χ0v) is 13.7. The van der Waals surface area contributed by atoms with Gasteiger partial charge < -0.3 is 10.1 Å². The van der Waals surface area contributed by atoms with Crippen LogP contribution < -0.4 is 5.32 Å². The number of nitrogens with zero attached hydrogens (tertiary/aromatic N) is 2. The van der Waals surface area contributed by atoms with E-state index >= 15 is 0 Å². The minimum Gasteiger partial charge on any atom is -0.449 e. The molecule has 2 rings (SSSR count). The summed E-state index contributed by atoms with van der Waals surface area (Å²) in [6, 6.07) is 3.01. The SMILES string of the molecule is Cc1nn(C)c(C)c1NC(=O)[C@@H](C)OC(=O)c1c(F)cccc1F. The fraction of sp³-hybridized carbons (Fsp3) is 0.312. The Bertz CT molecular complexity index is 782. The molecule has 6 nitrogen and oxygen atoms in total. The van der Waals surface area contributed by atoms with Crippen molar-refractivity contribution in [2.75, 3.05) is 5.32 Å². The first-order chi connectivity index (χ1) is 11.2. The lowest BCUT2D eigenvalue weighted by Gasteiger charge is -2.14. The lowest BCUT2D eigenvalue weighted by atomic mass is 10.2. The lowest BCUT2D eigenvalue weighted by molar-refractivity contribution is -0.123. The molecule has 1 aromatic heterocycles. The molecule has 0 aliphatic rings. The van der Waals surface area contributed by atoms with E-state index in [1.807, 2.05) is 0 Å². The zero-order chi connectivity index (χ0) is 18.0. The second-order valence-electron chi connectivity index (χ2n) is 5.30. The van der Waals surface area contributed by atoms with Gasteiger partial charge in [0.15, 0.2) is 6.10 Å². The zero-order valence-electron chi connectivity index (χ0n) is 13.7. The number of carbonyl (C=O) groups excluding carboxylic acids is 2. The minimum absolute atomic E-state index is 0.502. The van der Waals surface area contributed by atoms with Crippen LogP contribution in [0.15, 0.2) is 18.2 Å². The Hall–Kier alpha value is -2.77. The van der Waals surface area contributed by atoms with Gasteiger partial charge in [0.2, 0.25) is 0 Å². The molecule has 1 atom stereocenters. The molecule has 0 saturated carbocycles. The van der Waals surface area contributed by atoms with Gasteiger partial charge in [-0.2, -0.15) is 5.10 Å². The van der Waals surface area contributed by atoms with Crippen molar-refractivity contribution in [3.8, 4) is 0 Å². The molecule has 1 N–H and O–H groups in total. The predicted molar refractivity (Wildman–Crippen MR) is 82.5 cm³/mol. The Kier molecular flexibility index (Phi) is 4.96. The normalized spacial score (nSPS) is 11.9. The van der Waals surface area contributed by atoms with Crippen LogP contribution in [-0.4, -0.2) is 27.8 Å². The number of ether oxygens (including phenoxy) is 1. The highest BCUT2D eigenvalue weighted by atomic mass is 19.1. The van der Waals surface area contributed by atoms with Crippen molar-refractivity contribution >= 4 is 17.6 Å². The molecule has 0 radical (unpaired) electrons. The van der Waals surface area contributed by atoms with Crippen LogP contribution >= 0.6 is 0 Å². The van der Waals surface area contributed by atoms with Crippen molar-refractivity contribution in [2.45, 2.75) is 26.9 Å². The molecular weight excluding hydrogens is 320 g/mol. The molecule has 0 aliphatic heterocycles. The van der Waals surface area contributed by atoms with Gasteiger partial charge in [-0.3, -0.25) is 9.48 Å². The maximum atomic E-state index is 13.6. The summed E-state index contributed by atoms with van der Waals surface area (Å²) in [5.41, 5.74) is 0.995. The second kappa shape index (κ2) is 6.77. The molecule has 8 heteroatoms. The highest BCUT2D eigenvalue weighted by molar-refractivity contribution is 5.98. The molecule has 0 fully saturated rings. The van der Waals surface area contributed by atoms with Crippen LogP contribution in [0.3, 0.4) is 0 Å². The number of carbonyl (C=O) groups is 2. The number of hydrogen-bond acceptors (Lipinski definition) is 4. The highest BCUT2D eigenvalue weighted by Crippen LogP contribution is 2.19. The Balaban J connectivity index is 2.10. The molecular formula is C16H17F2N3O3. The third-order valence-corrected chi connectivity index (χ3v) is 3.58. The Morgan fingerprint density at radius 2 is 1.83 bits per heavy atom. The van der Waals surface area contributed by atoms with Crippen LogP contribution in [0.25, 0.3) is 0 Å². The molecule has 2 aromatic rings. The first-order valence-electron chi connectivity index (χ1n) is 7.18. The largest absolute Gasteiger partial charge is 0.449 e. The number of nitrogens with one attached hydrogen (secondary N) is 1. The quantitative estimate of drug-likeness (QED) is 0.870. The van der Waals surface area contributed by atoms with Gasteiger partial charge in [-0.1, -0.05) is 6.07 Å². The molecule has 1 heterocycles. The molecule has 128 valence electrons. The van der Waals surface area contributed by atoms with Gasteiger partial charge in [0.05, 0.1) is 17.1 Å². The fourth-order valence-corrected chi connectivity index (χ4v) is 2.15. The van der Waals surface area contributed by atoms with Crippen LogP contribution in [0.1, 0.15) is 28.7 Å². The number of rotatable bonds is 4. The molecule has 0 aliphatic carbocycles. The molecule has 1 aromatic carbocycles. The van der Waals surface area contributed by atoms with E-state index in [0.717, 1.165) is 23.9 Å². The van der Waals surface area contributed by atoms with Crippen LogP contribution in [0.4, 0.5) is 14.5 Å². The number of aryl methyl sites for hydroxylation is 2. The summed E-state index contributed by atoms with van der Waals surface area (Å²) >= 11 is 0. The Labute approximate surface area is 137 Å². The van der Waals surface area contributed by atoms with E-state index in [0.29, 0.717) is 11.4 Å². The molecule has 1 amide bonds. The van der Waals surface area contributed by atoms with Crippen molar-refractivity contribution < 1.29 is 23.1 Å². The maximum Gasteiger partial charge on any atom is 0.344 e. The third-order valence-electron chi connectivity index (χ3n) is 3.58. The van der Waals surface area contributed by atoms with Gasteiger partial charge in [-0.25, -0.2) is 13.6 Å². The van der Waals surface area contributed by atoms with Crippen molar-refractivity contribution in [1.82, 2.24) is 9.78 Å². The van der Waals surface area contributed by atoms with E-state index in [9.17, 15) is 18.4 Å². The summed E-state index contributed by atoms with van der Waals surface area (Å²) < 4.78 is 33.6. The van der Waals surface area contributed by atoms with Crippen molar-refractivity contribution in [1.29, 1.82) is 0 Å². The summed E-state index contributed by atoms with van der Waals surface area (Å²) in [6.45, 7) is 4.79. The van der Waals surface area contributed by atoms with Gasteiger partial charge in [0.1, 0.15) is 17.2 Å². The average molecular weight is 337 g/mol. The number of hydrogen-bond donors (Lipinski definition) is 1. The van der Waals surface area contributed by atoms with Gasteiger partial charge in [0.25, 0.3) is 5.91 Å². The van der Waals surface area contributed by atoms with Crippen LogP contribution in [0, 0.1) is 25.5 Å². The van der Waals surface area contributed by atoms with Crippen molar-refractivity contribution in [2.24, 2.45) is 7.05 Å². The summed E-state index contributed by atoms with van der Waals surface area (Å²) in [5, 5.41) is 6.75. The van der Waals surface area contributed by atoms with Crippen LogP contribution in [-0.2, 0) is 16.6 Å². The summed E-state index contributed by atoms with van der Waals surface area (Å²) in [6.07, 6.45) is -1.24. The third kappa shape index (κ3) is 3.42. The number of aromatic nitrogens is 2. The van der Waals surface area contributed by atoms with Gasteiger partial charge in [-0.15, -0.1) is 0 Å². The van der Waals surface area contributed by atoms with Gasteiger partial charge in [-0.05, 0) is 32.9 Å². The first-order valence-corrected chi connectivity index (χ1v) is 7.18. The predicted octanol–water partition coefficient (Wildman–Crippen LogP) is 2.50. The number of halogens is 2. The molecule has 0 bridgehead atoms. The molecule has 24 heavy (non-hydrogen) atoms. The van der Waals surface area contributed by atoms with Crippen molar-refractivity contribution in [3.63, 3.8) is 0 Å². The van der Waals surface area contributed by atoms with Crippen LogP contribution in [0.2, 0.25) is 0 Å². The molecule has 0 unspecified atom stereocenters. The van der Waals surface area contributed by atoms with Crippen LogP contribution in [0.5, 0.6) is 0 Å². The lowest BCUT2D eigenvalue weighted by Crippen LogP contribution is -2.30. The molecule has 0 spiro atoms. The van der Waals surface area contributed by atoms with E-state index < -0.39 is 35.2 Å². The standard InChI is InChI=1S/C16H17F2N3O3/c1-8-14(9(2)21(4)20-8)19-15(22)10(3)24-16(23)13-11(17)6-5-7-12(13)18/h5-7,10H,1-4H3,(H,19,22)/t10-/m1/s1. The Morgan fingerprint density at radius 1 is 1.25 bits per heavy atom. The van der Waals surface area contributed by atoms with Crippen molar-refractivity contribution in [3.05, 3.63) is 46.8 Å². The summed E-state index contributed by atoms with van der Waals surface area (Å²) in [4.78, 5) is 24.0. The monoisotopic (exact) mass is 337 g/mol. The van der Waals surface area contributed by atoms with Gasteiger partial charge in [0, 0.05) is 7.05 Å². The van der Waals surface area contributed by atoms with E-state index in [2.05, 4.69) is 10.4 Å². The smallest absolute Gasteiger partial charge is 0.344 e. The van der Waals surface area contributed by atoms with E-state index in [4.69, 9.17) is 4.74 Å². The summed E-state index contributed by atoms with van der Waals surface area (Å²) in [5.74, 6) is -3.97. The molecule has 0 saturated heterocycles. The summed E-state index contributed by atoms with van der Waals surface area (Å²) in [7, 11) is 1.72. The Morgan fingerprint density at radius 3 is 2.33 bits per heavy atom. The maximum absolute atomic E-state index is 13.6. The first kappa shape index (κ1) is 17.6. The number of anilines is 1. The fourth-order valence-electron chi connectivity index (χ4n) is 2.15. The number of esters is 1.